The maximum atomic E-state index is 10.7. The first kappa shape index (κ1) is 12.0. The van der Waals surface area contributed by atoms with Gasteiger partial charge in [0.1, 0.15) is 0 Å². The average molecular weight is 248 g/mol. The third-order valence-corrected chi connectivity index (χ3v) is 2.27. The molecular weight excluding hydrogens is 236 g/mol. The number of rotatable bonds is 5. The Morgan fingerprint density at radius 1 is 1.50 bits per heavy atom. The molecule has 0 aliphatic heterocycles. The van der Waals surface area contributed by atoms with Crippen molar-refractivity contribution < 1.29 is 9.45 Å². The summed E-state index contributed by atoms with van der Waals surface area (Å²) in [5.41, 5.74) is 0.554. The van der Waals surface area contributed by atoms with Gasteiger partial charge in [0, 0.05) is 24.2 Å². The van der Waals surface area contributed by atoms with E-state index in [1.165, 1.54) is 12.1 Å². The van der Waals surface area contributed by atoms with Crippen LogP contribution in [0.1, 0.15) is 13.3 Å². The molecule has 0 aliphatic rings. The number of nitrogens with zero attached hydrogens (tertiary/aromatic N) is 3. The van der Waals surface area contributed by atoms with E-state index in [4.69, 9.17) is 4.52 Å². The van der Waals surface area contributed by atoms with Crippen LogP contribution in [0.4, 0.5) is 11.7 Å². The number of hydrogen-bond acceptors (Lipinski definition) is 6. The molecule has 0 saturated carbocycles. The molecule has 0 aliphatic carbocycles. The molecule has 7 heteroatoms. The third-order valence-electron chi connectivity index (χ3n) is 2.27. The minimum Gasteiger partial charge on any atom is -0.338 e. The van der Waals surface area contributed by atoms with Gasteiger partial charge in [-0.2, -0.15) is 4.98 Å². The lowest BCUT2D eigenvalue weighted by atomic mass is 10.2. The Labute approximate surface area is 103 Å². The lowest BCUT2D eigenvalue weighted by molar-refractivity contribution is -0.384. The zero-order chi connectivity index (χ0) is 13.0. The van der Waals surface area contributed by atoms with E-state index in [-0.39, 0.29) is 5.69 Å². The van der Waals surface area contributed by atoms with Crippen molar-refractivity contribution in [1.82, 2.24) is 10.1 Å². The highest BCUT2D eigenvalue weighted by molar-refractivity contribution is 5.59. The fraction of sp³-hybridized carbons (Fsp3) is 0.273. The van der Waals surface area contributed by atoms with E-state index in [1.807, 2.05) is 6.92 Å². The Kier molecular flexibility index (Phi) is 3.52. The van der Waals surface area contributed by atoms with Crippen molar-refractivity contribution in [3.63, 3.8) is 0 Å². The smallest absolute Gasteiger partial charge is 0.321 e. The van der Waals surface area contributed by atoms with Crippen LogP contribution in [0.15, 0.2) is 28.8 Å². The molecule has 1 N–H and O–H groups in total. The van der Waals surface area contributed by atoms with Gasteiger partial charge in [0.05, 0.1) is 4.92 Å². The molecule has 0 atom stereocenters. The Morgan fingerprint density at radius 3 is 3.06 bits per heavy atom. The first-order valence-electron chi connectivity index (χ1n) is 5.53. The van der Waals surface area contributed by atoms with E-state index in [2.05, 4.69) is 15.5 Å². The fourth-order valence-corrected chi connectivity index (χ4v) is 1.40. The van der Waals surface area contributed by atoms with Gasteiger partial charge in [0.2, 0.25) is 5.82 Å². The summed E-state index contributed by atoms with van der Waals surface area (Å²) in [6.07, 6.45) is 0.939. The van der Waals surface area contributed by atoms with E-state index < -0.39 is 4.92 Å². The fourth-order valence-electron chi connectivity index (χ4n) is 1.40. The van der Waals surface area contributed by atoms with Gasteiger partial charge in [-0.05, 0) is 6.42 Å². The van der Waals surface area contributed by atoms with Crippen molar-refractivity contribution >= 4 is 11.7 Å². The highest BCUT2D eigenvalue weighted by atomic mass is 16.6. The average Bonchev–Trinajstić information content (AvgIpc) is 2.85. The first-order valence-corrected chi connectivity index (χ1v) is 5.53. The summed E-state index contributed by atoms with van der Waals surface area (Å²) in [5, 5.41) is 17.4. The van der Waals surface area contributed by atoms with E-state index in [0.717, 1.165) is 13.0 Å². The normalized spacial score (nSPS) is 10.3. The standard InChI is InChI=1S/C11H12N4O3/c1-2-6-12-11-13-10(14-18-11)8-4-3-5-9(7-8)15(16)17/h3-5,7H,2,6H2,1H3,(H,12,13,14). The van der Waals surface area contributed by atoms with Gasteiger partial charge in [-0.25, -0.2) is 0 Å². The summed E-state index contributed by atoms with van der Waals surface area (Å²) >= 11 is 0. The van der Waals surface area contributed by atoms with Crippen LogP contribution >= 0.6 is 0 Å². The van der Waals surface area contributed by atoms with Crippen molar-refractivity contribution in [2.45, 2.75) is 13.3 Å². The topological polar surface area (TPSA) is 94.1 Å². The van der Waals surface area contributed by atoms with Crippen LogP contribution in [-0.4, -0.2) is 21.6 Å². The van der Waals surface area contributed by atoms with Crippen LogP contribution in [0, 0.1) is 10.1 Å². The molecular formula is C11H12N4O3. The van der Waals surface area contributed by atoms with E-state index >= 15 is 0 Å². The van der Waals surface area contributed by atoms with Crippen molar-refractivity contribution in [3.8, 4) is 11.4 Å². The van der Waals surface area contributed by atoms with Gasteiger partial charge < -0.3 is 9.84 Å². The monoisotopic (exact) mass is 248 g/mol. The van der Waals surface area contributed by atoms with Crippen LogP contribution in [0.25, 0.3) is 11.4 Å². The Balaban J connectivity index is 2.23. The SMILES string of the molecule is CCCNc1nc(-c2cccc([N+](=O)[O-])c2)no1. The molecule has 1 aromatic carbocycles. The number of anilines is 1. The lowest BCUT2D eigenvalue weighted by Gasteiger charge is -1.95. The second kappa shape index (κ2) is 5.26. The van der Waals surface area contributed by atoms with Crippen molar-refractivity contribution in [2.24, 2.45) is 0 Å². The van der Waals surface area contributed by atoms with Gasteiger partial charge in [-0.3, -0.25) is 10.1 Å². The summed E-state index contributed by atoms with van der Waals surface area (Å²) in [7, 11) is 0. The van der Waals surface area contributed by atoms with E-state index in [0.29, 0.717) is 17.4 Å². The summed E-state index contributed by atoms with van der Waals surface area (Å²) in [4.78, 5) is 14.3. The molecule has 0 saturated heterocycles. The molecule has 1 aromatic heterocycles. The minimum absolute atomic E-state index is 0.000340. The Bertz CT molecular complexity index is 553. The number of non-ortho nitro benzene ring substituents is 1. The number of benzene rings is 1. The van der Waals surface area contributed by atoms with Gasteiger partial charge in [0.15, 0.2) is 0 Å². The van der Waals surface area contributed by atoms with Crippen LogP contribution in [0.5, 0.6) is 0 Å². The lowest BCUT2D eigenvalue weighted by Crippen LogP contribution is -1.99. The predicted octanol–water partition coefficient (Wildman–Crippen LogP) is 2.47. The van der Waals surface area contributed by atoms with Crippen molar-refractivity contribution in [3.05, 3.63) is 34.4 Å². The zero-order valence-corrected chi connectivity index (χ0v) is 9.79. The quantitative estimate of drug-likeness (QED) is 0.645. The highest BCUT2D eigenvalue weighted by Crippen LogP contribution is 2.22. The van der Waals surface area contributed by atoms with Crippen molar-refractivity contribution in [2.75, 3.05) is 11.9 Å². The molecule has 2 aromatic rings. The minimum atomic E-state index is -0.459. The van der Waals surface area contributed by atoms with Crippen LogP contribution in [0.2, 0.25) is 0 Å². The molecule has 0 radical (unpaired) electrons. The molecule has 18 heavy (non-hydrogen) atoms. The molecule has 0 spiro atoms. The molecule has 0 fully saturated rings. The predicted molar refractivity (Wildman–Crippen MR) is 65.2 cm³/mol. The summed E-state index contributed by atoms with van der Waals surface area (Å²) in [6.45, 7) is 2.75. The van der Waals surface area contributed by atoms with Crippen molar-refractivity contribution in [1.29, 1.82) is 0 Å². The second-order valence-electron chi connectivity index (χ2n) is 3.66. The maximum Gasteiger partial charge on any atom is 0.321 e. The number of aromatic nitrogens is 2. The summed E-state index contributed by atoms with van der Waals surface area (Å²) < 4.78 is 4.98. The Hall–Kier alpha value is -2.44. The number of nitro groups is 1. The second-order valence-corrected chi connectivity index (χ2v) is 3.66. The molecule has 0 bridgehead atoms. The number of hydrogen-bond donors (Lipinski definition) is 1. The number of nitrogens with one attached hydrogen (secondary N) is 1. The van der Waals surface area contributed by atoms with Crippen LogP contribution < -0.4 is 5.32 Å². The largest absolute Gasteiger partial charge is 0.338 e. The van der Waals surface area contributed by atoms with E-state index in [9.17, 15) is 10.1 Å². The molecule has 0 amide bonds. The summed E-state index contributed by atoms with van der Waals surface area (Å²) in [6, 6.07) is 6.43. The highest BCUT2D eigenvalue weighted by Gasteiger charge is 2.12. The zero-order valence-electron chi connectivity index (χ0n) is 9.79. The maximum absolute atomic E-state index is 10.7. The molecule has 94 valence electrons. The van der Waals surface area contributed by atoms with Gasteiger partial charge in [0.25, 0.3) is 5.69 Å². The first-order chi connectivity index (χ1) is 8.70. The molecule has 2 rings (SSSR count). The number of nitro benzene ring substituents is 1. The third kappa shape index (κ3) is 2.62. The van der Waals surface area contributed by atoms with Gasteiger partial charge in [-0.1, -0.05) is 24.2 Å². The van der Waals surface area contributed by atoms with Gasteiger partial charge in [-0.15, -0.1) is 0 Å². The van der Waals surface area contributed by atoms with Crippen LogP contribution in [0.3, 0.4) is 0 Å². The Morgan fingerprint density at radius 2 is 2.33 bits per heavy atom. The van der Waals surface area contributed by atoms with E-state index in [1.54, 1.807) is 12.1 Å². The summed E-state index contributed by atoms with van der Waals surface area (Å²) in [5.74, 6) is 0.331. The molecule has 0 unspecified atom stereocenters. The molecule has 1 heterocycles. The van der Waals surface area contributed by atoms with Crippen LogP contribution in [-0.2, 0) is 0 Å². The van der Waals surface area contributed by atoms with Gasteiger partial charge >= 0.3 is 6.01 Å². The molecule has 7 nitrogen and oxygen atoms in total.